The molecule has 1 saturated heterocycles. The fraction of sp³-hybridized carbons (Fsp3) is 0.600. The lowest BCUT2D eigenvalue weighted by molar-refractivity contribution is 0.213. The second-order valence-corrected chi connectivity index (χ2v) is 9.08. The number of anilines is 1. The van der Waals surface area contributed by atoms with Crippen LogP contribution in [-0.4, -0.2) is 56.7 Å². The van der Waals surface area contributed by atoms with Crippen LogP contribution in [-0.2, 0) is 13.6 Å². The molecule has 1 aliphatic heterocycles. The number of hydrogen-bond acceptors (Lipinski definition) is 8. The summed E-state index contributed by atoms with van der Waals surface area (Å²) in [5, 5.41) is 0.929. The third-order valence-electron chi connectivity index (χ3n) is 5.17. The van der Waals surface area contributed by atoms with Crippen LogP contribution in [0.5, 0.6) is 11.5 Å². The van der Waals surface area contributed by atoms with Crippen LogP contribution >= 0.6 is 7.60 Å². The smallest absolute Gasteiger partial charge is 0.330 e. The van der Waals surface area contributed by atoms with Crippen molar-refractivity contribution in [1.82, 2.24) is 9.97 Å². The summed E-state index contributed by atoms with van der Waals surface area (Å²) >= 11 is 0. The molecule has 160 valence electrons. The SMILES string of the molecule is CCOP(=O)(CC1CCN(c2ncnc3cc(OC)c(OC)cc23)CC1)OCC. The highest BCUT2D eigenvalue weighted by molar-refractivity contribution is 7.53. The summed E-state index contributed by atoms with van der Waals surface area (Å²) in [4.78, 5) is 11.2. The van der Waals surface area contributed by atoms with E-state index in [1.807, 2.05) is 26.0 Å². The van der Waals surface area contributed by atoms with Crippen LogP contribution in [0.4, 0.5) is 5.82 Å². The van der Waals surface area contributed by atoms with Gasteiger partial charge >= 0.3 is 7.60 Å². The molecule has 0 spiro atoms. The highest BCUT2D eigenvalue weighted by atomic mass is 31.2. The zero-order chi connectivity index (χ0) is 20.9. The average Bonchev–Trinajstić information content (AvgIpc) is 2.73. The lowest BCUT2D eigenvalue weighted by Crippen LogP contribution is -2.35. The van der Waals surface area contributed by atoms with Gasteiger partial charge in [0.1, 0.15) is 12.1 Å². The molecule has 3 rings (SSSR count). The molecule has 0 atom stereocenters. The van der Waals surface area contributed by atoms with Crippen molar-refractivity contribution in [1.29, 1.82) is 0 Å². The van der Waals surface area contributed by atoms with Gasteiger partial charge in [-0.25, -0.2) is 9.97 Å². The number of aromatic nitrogens is 2. The lowest BCUT2D eigenvalue weighted by atomic mass is 9.98. The predicted molar refractivity (Wildman–Crippen MR) is 113 cm³/mol. The Morgan fingerprint density at radius 1 is 1.03 bits per heavy atom. The zero-order valence-electron chi connectivity index (χ0n) is 17.6. The number of ether oxygens (including phenoxy) is 2. The fourth-order valence-corrected chi connectivity index (χ4v) is 5.87. The van der Waals surface area contributed by atoms with E-state index < -0.39 is 7.60 Å². The first-order valence-corrected chi connectivity index (χ1v) is 11.8. The number of rotatable bonds is 9. The second-order valence-electron chi connectivity index (χ2n) is 6.98. The third-order valence-corrected chi connectivity index (χ3v) is 7.43. The van der Waals surface area contributed by atoms with Crippen LogP contribution in [0.25, 0.3) is 10.9 Å². The van der Waals surface area contributed by atoms with Gasteiger partial charge < -0.3 is 23.4 Å². The summed E-state index contributed by atoms with van der Waals surface area (Å²) in [5.74, 6) is 2.48. The Kier molecular flexibility index (Phi) is 7.33. The highest BCUT2D eigenvalue weighted by Gasteiger charge is 2.31. The molecule has 2 aromatic rings. The summed E-state index contributed by atoms with van der Waals surface area (Å²) in [6, 6.07) is 3.79. The molecule has 0 aliphatic carbocycles. The third kappa shape index (κ3) is 5.00. The van der Waals surface area contributed by atoms with E-state index in [1.54, 1.807) is 20.5 Å². The summed E-state index contributed by atoms with van der Waals surface area (Å²) in [6.07, 6.45) is 3.86. The highest BCUT2D eigenvalue weighted by Crippen LogP contribution is 2.51. The van der Waals surface area contributed by atoms with E-state index in [0.717, 1.165) is 42.7 Å². The molecule has 1 aromatic carbocycles. The summed E-state index contributed by atoms with van der Waals surface area (Å²) in [6.45, 7) is 6.13. The van der Waals surface area contributed by atoms with Gasteiger partial charge in [0.15, 0.2) is 11.5 Å². The molecule has 0 unspecified atom stereocenters. The fourth-order valence-electron chi connectivity index (χ4n) is 3.80. The molecule has 29 heavy (non-hydrogen) atoms. The first kappa shape index (κ1) is 21.8. The standard InChI is InChI=1S/C20H30N3O5P/c1-5-27-29(24,28-6-2)13-15-7-9-23(10-8-15)20-16-11-18(25-3)19(26-4)12-17(16)21-14-22-20/h11-12,14-15H,5-10,13H2,1-4H3. The minimum atomic E-state index is -3.01. The van der Waals surface area contributed by atoms with Gasteiger partial charge in [0.05, 0.1) is 39.1 Å². The van der Waals surface area contributed by atoms with E-state index in [2.05, 4.69) is 14.9 Å². The van der Waals surface area contributed by atoms with E-state index in [9.17, 15) is 4.57 Å². The molecule has 2 heterocycles. The Hall–Kier alpha value is -1.89. The van der Waals surface area contributed by atoms with Crippen molar-refractivity contribution in [3.8, 4) is 11.5 Å². The summed E-state index contributed by atoms with van der Waals surface area (Å²) in [7, 11) is 0.217. The predicted octanol–water partition coefficient (Wildman–Crippen LogP) is 4.13. The van der Waals surface area contributed by atoms with Gasteiger partial charge in [0.2, 0.25) is 0 Å². The van der Waals surface area contributed by atoms with Crippen molar-refractivity contribution >= 4 is 24.3 Å². The van der Waals surface area contributed by atoms with Crippen LogP contribution in [0.2, 0.25) is 0 Å². The Bertz CT molecular complexity index is 861. The Labute approximate surface area is 172 Å². The van der Waals surface area contributed by atoms with Crippen molar-refractivity contribution in [2.45, 2.75) is 26.7 Å². The number of methoxy groups -OCH3 is 2. The van der Waals surface area contributed by atoms with Crippen LogP contribution < -0.4 is 14.4 Å². The van der Waals surface area contributed by atoms with Gasteiger partial charge in [-0.3, -0.25) is 4.57 Å². The number of benzene rings is 1. The second kappa shape index (κ2) is 9.74. The van der Waals surface area contributed by atoms with Gasteiger partial charge in [0, 0.05) is 24.5 Å². The van der Waals surface area contributed by atoms with Gasteiger partial charge in [-0.15, -0.1) is 0 Å². The summed E-state index contributed by atoms with van der Waals surface area (Å²) in [5.41, 5.74) is 0.812. The van der Waals surface area contributed by atoms with E-state index in [4.69, 9.17) is 18.5 Å². The molecular weight excluding hydrogens is 393 g/mol. The molecule has 0 radical (unpaired) electrons. The van der Waals surface area contributed by atoms with Crippen LogP contribution in [0.1, 0.15) is 26.7 Å². The molecule has 1 aromatic heterocycles. The van der Waals surface area contributed by atoms with Gasteiger partial charge in [-0.1, -0.05) is 0 Å². The van der Waals surface area contributed by atoms with Crippen LogP contribution in [0, 0.1) is 5.92 Å². The van der Waals surface area contributed by atoms with E-state index >= 15 is 0 Å². The molecule has 0 amide bonds. The van der Waals surface area contributed by atoms with Crippen molar-refractivity contribution in [3.63, 3.8) is 0 Å². The minimum absolute atomic E-state index is 0.304. The quantitative estimate of drug-likeness (QED) is 0.557. The van der Waals surface area contributed by atoms with Crippen molar-refractivity contribution in [2.24, 2.45) is 5.92 Å². The normalized spacial score (nSPS) is 15.7. The monoisotopic (exact) mass is 423 g/mol. The van der Waals surface area contributed by atoms with Crippen molar-refractivity contribution in [3.05, 3.63) is 18.5 Å². The van der Waals surface area contributed by atoms with Gasteiger partial charge in [-0.2, -0.15) is 0 Å². The number of piperidine rings is 1. The Morgan fingerprint density at radius 2 is 1.66 bits per heavy atom. The molecule has 0 saturated carbocycles. The van der Waals surface area contributed by atoms with Crippen LogP contribution in [0.15, 0.2) is 18.5 Å². The average molecular weight is 423 g/mol. The topological polar surface area (TPSA) is 83.0 Å². The number of fused-ring (bicyclic) bond motifs is 1. The maximum absolute atomic E-state index is 12.8. The van der Waals surface area contributed by atoms with E-state index in [-0.39, 0.29) is 0 Å². The van der Waals surface area contributed by atoms with Crippen molar-refractivity contribution < 1.29 is 23.1 Å². The van der Waals surface area contributed by atoms with Gasteiger partial charge in [0.25, 0.3) is 0 Å². The Balaban J connectivity index is 1.75. The molecule has 0 N–H and O–H groups in total. The van der Waals surface area contributed by atoms with Crippen LogP contribution in [0.3, 0.4) is 0 Å². The minimum Gasteiger partial charge on any atom is -0.493 e. The Morgan fingerprint density at radius 3 is 2.24 bits per heavy atom. The maximum atomic E-state index is 12.8. The molecule has 8 nitrogen and oxygen atoms in total. The molecule has 1 fully saturated rings. The zero-order valence-corrected chi connectivity index (χ0v) is 18.5. The van der Waals surface area contributed by atoms with Gasteiger partial charge in [-0.05, 0) is 38.7 Å². The van der Waals surface area contributed by atoms with E-state index in [1.165, 1.54) is 0 Å². The first-order valence-electron chi connectivity index (χ1n) is 10.0. The largest absolute Gasteiger partial charge is 0.493 e. The summed E-state index contributed by atoms with van der Waals surface area (Å²) < 4.78 is 34.6. The first-order chi connectivity index (χ1) is 14.0. The lowest BCUT2D eigenvalue weighted by Gasteiger charge is -2.34. The number of hydrogen-bond donors (Lipinski definition) is 0. The van der Waals surface area contributed by atoms with E-state index in [0.29, 0.717) is 36.8 Å². The van der Waals surface area contributed by atoms with Crippen molar-refractivity contribution in [2.75, 3.05) is 51.6 Å². The number of nitrogens with zero attached hydrogens (tertiary/aromatic N) is 3. The molecule has 9 heteroatoms. The molecule has 0 bridgehead atoms. The molecular formula is C20H30N3O5P. The maximum Gasteiger partial charge on any atom is 0.330 e. The molecule has 1 aliphatic rings.